The fourth-order valence-corrected chi connectivity index (χ4v) is 8.73. The minimum Gasteiger partial charge on any atom is -0.477 e. The maximum atomic E-state index is 12.9. The van der Waals surface area contributed by atoms with E-state index in [0.717, 1.165) is 141 Å². The summed E-state index contributed by atoms with van der Waals surface area (Å²) in [5.41, 5.74) is 0. The van der Waals surface area contributed by atoms with Crippen molar-refractivity contribution in [1.82, 2.24) is 0 Å². The summed E-state index contributed by atoms with van der Waals surface area (Å²) in [7, 11) is 5.95. The van der Waals surface area contributed by atoms with Crippen molar-refractivity contribution in [3.63, 3.8) is 0 Å². The van der Waals surface area contributed by atoms with Crippen molar-refractivity contribution in [3.05, 3.63) is 170 Å². The molecule has 2 unspecified atom stereocenters. The molecule has 0 aliphatic rings. The van der Waals surface area contributed by atoms with Crippen molar-refractivity contribution in [3.8, 4) is 0 Å². The van der Waals surface area contributed by atoms with Gasteiger partial charge < -0.3 is 28.5 Å². The van der Waals surface area contributed by atoms with Crippen LogP contribution in [0, 0.1) is 0 Å². The van der Waals surface area contributed by atoms with E-state index in [9.17, 15) is 19.5 Å². The van der Waals surface area contributed by atoms with E-state index in [1.807, 2.05) is 21.1 Å². The number of carboxylic acids is 1. The lowest BCUT2D eigenvalue weighted by atomic mass is 10.1. The normalized spacial score (nSPS) is 13.8. The molecule has 0 heterocycles. The number of quaternary nitrogens is 1. The summed E-state index contributed by atoms with van der Waals surface area (Å²) >= 11 is 0. The molecule has 2 atom stereocenters. The zero-order chi connectivity index (χ0) is 63.3. The van der Waals surface area contributed by atoms with E-state index in [0.29, 0.717) is 17.4 Å². The average molecular weight is 1210 g/mol. The number of unbranched alkanes of at least 4 members (excludes halogenated alkanes) is 18. The first-order chi connectivity index (χ1) is 42.6. The third-order valence-electron chi connectivity index (χ3n) is 14.0. The summed E-state index contributed by atoms with van der Waals surface area (Å²) in [6.07, 6.45) is 97.4. The van der Waals surface area contributed by atoms with Crippen molar-refractivity contribution in [2.24, 2.45) is 0 Å². The number of carbonyl (C=O) groups excluding carboxylic acids is 2. The van der Waals surface area contributed by atoms with Gasteiger partial charge >= 0.3 is 17.9 Å². The number of carbonyl (C=O) groups is 3. The van der Waals surface area contributed by atoms with Crippen LogP contribution in [0.1, 0.15) is 245 Å². The van der Waals surface area contributed by atoms with Crippen molar-refractivity contribution in [2.75, 3.05) is 47.5 Å². The first-order valence-corrected chi connectivity index (χ1v) is 34.3. The van der Waals surface area contributed by atoms with Crippen LogP contribution in [-0.2, 0) is 33.3 Å². The number of esters is 2. The number of nitrogens with zero attached hydrogens (tertiary/aromatic N) is 1. The van der Waals surface area contributed by atoms with Crippen molar-refractivity contribution in [2.45, 2.75) is 257 Å². The van der Waals surface area contributed by atoms with E-state index in [2.05, 4.69) is 184 Å². The Kier molecular flexibility index (Phi) is 62.5. The Morgan fingerprint density at radius 1 is 0.356 bits per heavy atom. The largest absolute Gasteiger partial charge is 0.477 e. The minimum absolute atomic E-state index is 0.173. The van der Waals surface area contributed by atoms with Gasteiger partial charge in [-0.05, 0) is 135 Å². The van der Waals surface area contributed by atoms with Gasteiger partial charge in [0.15, 0.2) is 6.10 Å². The molecule has 490 valence electrons. The van der Waals surface area contributed by atoms with Gasteiger partial charge in [-0.1, -0.05) is 267 Å². The second-order valence-corrected chi connectivity index (χ2v) is 23.4. The zero-order valence-electron chi connectivity index (χ0n) is 55.9. The lowest BCUT2D eigenvalue weighted by Crippen LogP contribution is -2.40. The Morgan fingerprint density at radius 2 is 0.655 bits per heavy atom. The molecule has 1 N–H and O–H groups in total. The minimum atomic E-state index is -1.53. The van der Waals surface area contributed by atoms with E-state index in [4.69, 9.17) is 18.9 Å². The Balaban J connectivity index is 4.26. The van der Waals surface area contributed by atoms with Crippen LogP contribution in [0.25, 0.3) is 0 Å². The van der Waals surface area contributed by atoms with Crippen LogP contribution in [-0.4, -0.2) is 87.4 Å². The van der Waals surface area contributed by atoms with Gasteiger partial charge in [0.2, 0.25) is 0 Å². The third-order valence-corrected chi connectivity index (χ3v) is 14.0. The molecule has 0 spiro atoms. The molecule has 0 fully saturated rings. The molecule has 0 aromatic rings. The second kappa shape index (κ2) is 66.6. The van der Waals surface area contributed by atoms with Crippen molar-refractivity contribution >= 4 is 17.9 Å². The van der Waals surface area contributed by atoms with Crippen molar-refractivity contribution < 1.29 is 42.9 Å². The average Bonchev–Trinajstić information content (AvgIpc) is 3.59. The van der Waals surface area contributed by atoms with Gasteiger partial charge in [-0.3, -0.25) is 9.59 Å². The van der Waals surface area contributed by atoms with E-state index in [-0.39, 0.29) is 38.6 Å². The van der Waals surface area contributed by atoms with E-state index in [1.54, 1.807) is 0 Å². The number of hydrogen-bond acceptors (Lipinski definition) is 7. The Bertz CT molecular complexity index is 2030. The molecule has 0 aliphatic heterocycles. The van der Waals surface area contributed by atoms with Gasteiger partial charge in [0.1, 0.15) is 13.2 Å². The number of allylic oxidation sites excluding steroid dienone is 28. The molecule has 0 saturated carbocycles. The second-order valence-electron chi connectivity index (χ2n) is 23.4. The number of aliphatic carboxylic acids is 1. The summed E-state index contributed by atoms with van der Waals surface area (Å²) in [6.45, 7) is 4.70. The lowest BCUT2D eigenvalue weighted by molar-refractivity contribution is -0.870. The van der Waals surface area contributed by atoms with Crippen LogP contribution in [0.4, 0.5) is 0 Å². The summed E-state index contributed by atoms with van der Waals surface area (Å²) in [4.78, 5) is 37.6. The van der Waals surface area contributed by atoms with Crippen LogP contribution in [0.2, 0.25) is 0 Å². The topological polar surface area (TPSA) is 108 Å². The number of ether oxygens (including phenoxy) is 4. The highest BCUT2D eigenvalue weighted by Crippen LogP contribution is 2.14. The quantitative estimate of drug-likeness (QED) is 0.0211. The maximum Gasteiger partial charge on any atom is 0.361 e. The van der Waals surface area contributed by atoms with E-state index >= 15 is 0 Å². The summed E-state index contributed by atoms with van der Waals surface area (Å²) in [5.74, 6) is -2.06. The number of carboxylic acid groups (broad SMARTS) is 1. The maximum absolute atomic E-state index is 12.9. The molecule has 87 heavy (non-hydrogen) atoms. The predicted octanol–water partition coefficient (Wildman–Crippen LogP) is 21.5. The van der Waals surface area contributed by atoms with Crippen LogP contribution >= 0.6 is 0 Å². The van der Waals surface area contributed by atoms with E-state index in [1.165, 1.54) is 70.6 Å². The SMILES string of the molecule is CC/C=C\C/C=C\C/C=C\C/C=C\C/C=C\C/C=C\C/C=C\C/C=C\C/C=C\C/C=C\C/C=C\C/C=C\CCCCCCC(=O)OC(COC(=O)CCCCCCCCCCC/C=C\C/C=C\CCCCCCC)COC(OCC[N+](C)(C)C)C(=O)O. The molecule has 9 heteroatoms. The smallest absolute Gasteiger partial charge is 0.361 e. The summed E-state index contributed by atoms with van der Waals surface area (Å²) < 4.78 is 22.9. The molecule has 0 bridgehead atoms. The Labute approximate surface area is 533 Å². The summed E-state index contributed by atoms with van der Waals surface area (Å²) in [5, 5.41) is 9.73. The van der Waals surface area contributed by atoms with Gasteiger partial charge in [-0.15, -0.1) is 0 Å². The highest BCUT2D eigenvalue weighted by Gasteiger charge is 2.25. The first-order valence-electron chi connectivity index (χ1n) is 34.3. The van der Waals surface area contributed by atoms with Gasteiger partial charge in [-0.25, -0.2) is 4.79 Å². The third kappa shape index (κ3) is 68.0. The van der Waals surface area contributed by atoms with Gasteiger partial charge in [0.25, 0.3) is 6.29 Å². The summed E-state index contributed by atoms with van der Waals surface area (Å²) in [6, 6.07) is 0. The predicted molar refractivity (Wildman–Crippen MR) is 373 cm³/mol. The number of rotatable bonds is 61. The zero-order valence-corrected chi connectivity index (χ0v) is 55.9. The lowest BCUT2D eigenvalue weighted by Gasteiger charge is -2.25. The van der Waals surface area contributed by atoms with Crippen LogP contribution in [0.3, 0.4) is 0 Å². The van der Waals surface area contributed by atoms with E-state index < -0.39 is 24.3 Å². The molecule has 0 saturated heterocycles. The number of hydrogen-bond donors (Lipinski definition) is 1. The monoisotopic (exact) mass is 1200 g/mol. The highest BCUT2D eigenvalue weighted by molar-refractivity contribution is 5.71. The molecule has 0 amide bonds. The van der Waals surface area contributed by atoms with Crippen molar-refractivity contribution in [1.29, 1.82) is 0 Å². The fraction of sp³-hybridized carbons (Fsp3) is 0.603. The Hall–Kier alpha value is -5.35. The van der Waals surface area contributed by atoms with Gasteiger partial charge in [-0.2, -0.15) is 0 Å². The van der Waals surface area contributed by atoms with Gasteiger partial charge in [0, 0.05) is 12.8 Å². The molecular weight excluding hydrogens is 1080 g/mol. The molecular formula is C78H126NO8+. The van der Waals surface area contributed by atoms with Crippen LogP contribution in [0.5, 0.6) is 0 Å². The van der Waals surface area contributed by atoms with Crippen LogP contribution < -0.4 is 0 Å². The molecule has 0 rings (SSSR count). The number of likely N-dealkylation sites (N-methyl/N-ethyl adjacent to an activating group) is 1. The molecule has 9 nitrogen and oxygen atoms in total. The molecule has 0 radical (unpaired) electrons. The molecule has 0 aromatic carbocycles. The molecule has 0 aromatic heterocycles. The molecule has 0 aliphatic carbocycles. The highest BCUT2D eigenvalue weighted by atomic mass is 16.7. The fourth-order valence-electron chi connectivity index (χ4n) is 8.73. The van der Waals surface area contributed by atoms with Crippen LogP contribution in [0.15, 0.2) is 170 Å². The van der Waals surface area contributed by atoms with Gasteiger partial charge in [0.05, 0.1) is 34.4 Å². The standard InChI is InChI=1S/C78H125NO8/c1-6-8-10-12-14-16-18-20-22-24-26-28-29-30-31-32-33-34-35-36-37-38-39-40-41-42-43-44-45-46-47-49-51-53-55-57-59-61-63-65-67-69-76(81)87-74(73-86-78(77(82)83)84-71-70-79(3,4)5)72-85-75(80)68-66-64-62-60-58-56-54-52-50-48-27-25-23-21-19-17-15-13-11-9-7-2/h8,10,14,16,19-22,25-28,30-31,33-34,36-37,39-40,42-43,45-46,49,51,55,57,74,78H,6-7,9,11-13,15,17-18,23-24,29,32,35,38,41,44,47-48,50,52-54,56,58-73H2,1-5H3/p+1/b10-8-,16-14-,21-19-,22-20-,27-25-,28-26-,31-30-,34-33-,37-36-,40-39-,43-42-,46-45-,51-49-,57-55-. The Morgan fingerprint density at radius 3 is 0.977 bits per heavy atom. The first kappa shape index (κ1) is 81.7.